The van der Waals surface area contributed by atoms with Gasteiger partial charge in [-0.05, 0) is 82.3 Å². The van der Waals surface area contributed by atoms with Gasteiger partial charge < -0.3 is 14.2 Å². The number of hydrogen-bond donors (Lipinski definition) is 0. The minimum atomic E-state index is -0.783. The molecule has 11 nitrogen and oxygen atoms in total. The summed E-state index contributed by atoms with van der Waals surface area (Å²) >= 11 is 0.961. The molecule has 1 saturated heterocycles. The van der Waals surface area contributed by atoms with Gasteiger partial charge in [-0.1, -0.05) is 30.3 Å². The molecule has 6 atom stereocenters. The molecule has 1 unspecified atom stereocenters. The first kappa shape index (κ1) is 30.5. The highest BCUT2D eigenvalue weighted by atomic mass is 32.1. The molecule has 12 heteroatoms. The van der Waals surface area contributed by atoms with Crippen LogP contribution in [0.1, 0.15) is 73.6 Å². The summed E-state index contributed by atoms with van der Waals surface area (Å²) in [6, 6.07) is 9.46. The largest absolute Gasteiger partial charge is 0.457 e. The molecule has 4 aliphatic rings. The SMILES string of the molecule is CC(C)(C)OC(=O)N1[C@@H]2C[C@@H]2C[C@H]1C(=O)OCC(=O)c1ccc(-c2ccc(C(=O)COC(=O)C3C[C@@H]4C[C@@H]4C3)cc2)c2nsnc12. The van der Waals surface area contributed by atoms with Crippen molar-refractivity contribution < 1.29 is 38.2 Å². The van der Waals surface area contributed by atoms with E-state index in [9.17, 15) is 24.0 Å². The van der Waals surface area contributed by atoms with Crippen LogP contribution in [0, 0.1) is 23.7 Å². The third kappa shape index (κ3) is 6.02. The molecule has 7 rings (SSSR count). The number of aromatic nitrogens is 2. The van der Waals surface area contributed by atoms with Gasteiger partial charge in [0, 0.05) is 17.2 Å². The summed E-state index contributed by atoms with van der Waals surface area (Å²) in [5.74, 6) is -0.135. The number of benzene rings is 2. The predicted octanol–water partition coefficient (Wildman–Crippen LogP) is 5.25. The Morgan fingerprint density at radius 1 is 0.783 bits per heavy atom. The Kier molecular flexibility index (Phi) is 7.65. The Bertz CT molecular complexity index is 1730. The lowest BCUT2D eigenvalue weighted by atomic mass is 9.98. The Hall–Kier alpha value is -4.19. The van der Waals surface area contributed by atoms with Crippen LogP contribution in [-0.2, 0) is 23.8 Å². The molecule has 0 spiro atoms. The van der Waals surface area contributed by atoms with Crippen LogP contribution in [0.15, 0.2) is 36.4 Å². The lowest BCUT2D eigenvalue weighted by Crippen LogP contribution is -2.46. The van der Waals surface area contributed by atoms with E-state index in [1.165, 1.54) is 11.3 Å². The summed E-state index contributed by atoms with van der Waals surface area (Å²) in [7, 11) is 0. The van der Waals surface area contributed by atoms with E-state index >= 15 is 0 Å². The molecule has 0 bridgehead atoms. The molecule has 3 saturated carbocycles. The van der Waals surface area contributed by atoms with Crippen LogP contribution in [0.2, 0.25) is 0 Å². The van der Waals surface area contributed by atoms with Gasteiger partial charge in [0.05, 0.1) is 23.2 Å². The number of ketones is 2. The third-order valence-electron chi connectivity index (χ3n) is 9.48. The highest BCUT2D eigenvalue weighted by Gasteiger charge is 2.57. The smallest absolute Gasteiger partial charge is 0.411 e. The van der Waals surface area contributed by atoms with Crippen LogP contribution in [0.3, 0.4) is 0 Å². The zero-order valence-corrected chi connectivity index (χ0v) is 26.7. The average Bonchev–Trinajstić information content (AvgIpc) is 3.74. The van der Waals surface area contributed by atoms with Crippen LogP contribution >= 0.6 is 11.7 Å². The number of nitrogens with zero attached hydrogens (tertiary/aromatic N) is 3. The van der Waals surface area contributed by atoms with Crippen molar-refractivity contribution in [2.45, 2.75) is 70.6 Å². The van der Waals surface area contributed by atoms with Crippen LogP contribution in [0.5, 0.6) is 0 Å². The molecule has 4 fully saturated rings. The topological polar surface area (TPSA) is 142 Å². The van der Waals surface area contributed by atoms with Gasteiger partial charge in [-0.25, -0.2) is 9.59 Å². The summed E-state index contributed by atoms with van der Waals surface area (Å²) in [4.78, 5) is 65.5. The van der Waals surface area contributed by atoms with Crippen LogP contribution < -0.4 is 0 Å². The molecule has 46 heavy (non-hydrogen) atoms. The lowest BCUT2D eigenvalue weighted by Gasteiger charge is -2.29. The number of piperidine rings is 1. The molecule has 1 aliphatic heterocycles. The Morgan fingerprint density at radius 2 is 1.46 bits per heavy atom. The van der Waals surface area contributed by atoms with Crippen molar-refractivity contribution >= 4 is 52.4 Å². The maximum Gasteiger partial charge on any atom is 0.411 e. The Labute approximate surface area is 269 Å². The van der Waals surface area contributed by atoms with Gasteiger partial charge in [-0.15, -0.1) is 0 Å². The summed E-state index contributed by atoms with van der Waals surface area (Å²) in [5.41, 5.74) is 2.39. The van der Waals surface area contributed by atoms with Crippen molar-refractivity contribution in [2.24, 2.45) is 23.7 Å². The molecule has 0 radical (unpaired) electrons. The first-order valence-electron chi connectivity index (χ1n) is 15.7. The number of Topliss-reactive ketones (excluding diaryl/α,β-unsaturated/α-hetero) is 2. The standard InChI is InChI=1S/C34H35N3O8S/c1-34(2,3)45-33(42)37-25-13-21(25)14-26(37)32(41)44-16-28(39)24-9-8-23(29-30(24)36-46-35-29)17-4-6-18(7-5-17)27(38)15-43-31(40)22-11-19-10-20(19)12-22/h4-9,19-22,25-26H,10-16H2,1-3H3/t19-,20+,21-,22?,25-,26+/m1/s1. The highest BCUT2D eigenvalue weighted by molar-refractivity contribution is 7.00. The number of fused-ring (bicyclic) bond motifs is 3. The van der Waals surface area contributed by atoms with Crippen molar-refractivity contribution in [3.05, 3.63) is 47.5 Å². The molecule has 240 valence electrons. The lowest BCUT2D eigenvalue weighted by molar-refractivity contribution is -0.148. The minimum absolute atomic E-state index is 0.0342. The average molecular weight is 646 g/mol. The minimum Gasteiger partial charge on any atom is -0.457 e. The number of rotatable bonds is 9. The van der Waals surface area contributed by atoms with E-state index in [1.54, 1.807) is 57.2 Å². The molecule has 3 aromatic rings. The van der Waals surface area contributed by atoms with E-state index in [1.807, 2.05) is 0 Å². The van der Waals surface area contributed by atoms with Gasteiger partial charge in [0.1, 0.15) is 22.7 Å². The molecule has 2 heterocycles. The van der Waals surface area contributed by atoms with Gasteiger partial charge in [-0.2, -0.15) is 8.75 Å². The molecule has 3 aliphatic carbocycles. The first-order valence-corrected chi connectivity index (χ1v) is 16.5. The van der Waals surface area contributed by atoms with Crippen LogP contribution in [-0.4, -0.2) is 74.1 Å². The van der Waals surface area contributed by atoms with E-state index in [-0.39, 0.29) is 41.8 Å². The van der Waals surface area contributed by atoms with E-state index in [2.05, 4.69) is 8.75 Å². The quantitative estimate of drug-likeness (QED) is 0.172. The fourth-order valence-electron chi connectivity index (χ4n) is 6.96. The second-order valence-corrected chi connectivity index (χ2v) is 14.4. The monoisotopic (exact) mass is 645 g/mol. The number of amides is 1. The van der Waals surface area contributed by atoms with Gasteiger partial charge in [-0.3, -0.25) is 19.3 Å². The summed E-state index contributed by atoms with van der Waals surface area (Å²) in [6.07, 6.45) is 3.73. The number of esters is 2. The Balaban J connectivity index is 0.976. The van der Waals surface area contributed by atoms with Crippen LogP contribution in [0.4, 0.5) is 4.79 Å². The van der Waals surface area contributed by atoms with E-state index in [4.69, 9.17) is 14.2 Å². The molecule has 1 aromatic heterocycles. The normalized spacial score (nSPS) is 25.8. The number of carbonyl (C=O) groups is 5. The summed E-state index contributed by atoms with van der Waals surface area (Å²) in [5, 5.41) is 0. The first-order chi connectivity index (χ1) is 22.0. The molecular formula is C34H35N3O8S. The van der Waals surface area contributed by atoms with E-state index in [0.29, 0.717) is 34.9 Å². The maximum absolute atomic E-state index is 13.2. The van der Waals surface area contributed by atoms with E-state index < -0.39 is 36.1 Å². The zero-order chi connectivity index (χ0) is 32.3. The second-order valence-electron chi connectivity index (χ2n) is 13.9. The van der Waals surface area contributed by atoms with Gasteiger partial charge in [0.25, 0.3) is 0 Å². The number of likely N-dealkylation sites (tertiary alicyclic amines) is 1. The van der Waals surface area contributed by atoms with Crippen molar-refractivity contribution in [1.29, 1.82) is 0 Å². The van der Waals surface area contributed by atoms with Crippen molar-refractivity contribution in [3.63, 3.8) is 0 Å². The van der Waals surface area contributed by atoms with Gasteiger partial charge in [0.15, 0.2) is 19.0 Å². The van der Waals surface area contributed by atoms with Gasteiger partial charge in [0.2, 0.25) is 5.78 Å². The number of ether oxygens (including phenoxy) is 3. The fraction of sp³-hybridized carbons (Fsp3) is 0.500. The maximum atomic E-state index is 13.2. The fourth-order valence-corrected chi connectivity index (χ4v) is 7.53. The third-order valence-corrected chi connectivity index (χ3v) is 10.0. The summed E-state index contributed by atoms with van der Waals surface area (Å²) in [6.45, 7) is 4.53. The van der Waals surface area contributed by atoms with Crippen molar-refractivity contribution in [3.8, 4) is 11.1 Å². The number of hydrogen-bond acceptors (Lipinski definition) is 11. The van der Waals surface area contributed by atoms with Gasteiger partial charge >= 0.3 is 18.0 Å². The molecule has 1 amide bonds. The molecule has 2 aromatic carbocycles. The number of carbonyl (C=O) groups excluding carboxylic acids is 5. The predicted molar refractivity (Wildman–Crippen MR) is 166 cm³/mol. The molecular weight excluding hydrogens is 610 g/mol. The van der Waals surface area contributed by atoms with Crippen molar-refractivity contribution in [1.82, 2.24) is 13.6 Å². The zero-order valence-electron chi connectivity index (χ0n) is 25.9. The molecule has 0 N–H and O–H groups in total. The highest BCUT2D eigenvalue weighted by Crippen LogP contribution is 2.54. The van der Waals surface area contributed by atoms with E-state index in [0.717, 1.165) is 42.1 Å². The van der Waals surface area contributed by atoms with Crippen molar-refractivity contribution in [2.75, 3.05) is 13.2 Å². The summed E-state index contributed by atoms with van der Waals surface area (Å²) < 4.78 is 25.0. The second kappa shape index (κ2) is 11.6. The van der Waals surface area contributed by atoms with Crippen LogP contribution in [0.25, 0.3) is 22.2 Å². The Morgan fingerprint density at radius 3 is 2.17 bits per heavy atom.